The van der Waals surface area contributed by atoms with E-state index in [9.17, 15) is 9.18 Å². The average molecular weight is 501 g/mol. The fourth-order valence-corrected chi connectivity index (χ4v) is 5.21. The van der Waals surface area contributed by atoms with Gasteiger partial charge in [0.25, 0.3) is 0 Å². The lowest BCUT2D eigenvalue weighted by molar-refractivity contribution is -0.129. The van der Waals surface area contributed by atoms with Crippen molar-refractivity contribution >= 4 is 23.2 Å². The van der Waals surface area contributed by atoms with Gasteiger partial charge in [-0.2, -0.15) is 0 Å². The second-order valence-electron chi connectivity index (χ2n) is 9.83. The molecule has 2 fully saturated rings. The van der Waals surface area contributed by atoms with E-state index in [1.54, 1.807) is 36.9 Å². The zero-order valence-corrected chi connectivity index (χ0v) is 20.9. The summed E-state index contributed by atoms with van der Waals surface area (Å²) >= 11 is 0. The number of piperidine rings is 1. The number of nitrogens with zero attached hydrogens (tertiary/aromatic N) is 5. The van der Waals surface area contributed by atoms with Crippen LogP contribution in [0.15, 0.2) is 48.9 Å². The largest absolute Gasteiger partial charge is 0.495 e. The minimum absolute atomic E-state index is 0.136. The zero-order chi connectivity index (χ0) is 25.5. The molecular weight excluding hydrogens is 471 g/mol. The number of likely N-dealkylation sites (tertiary alicyclic amines) is 1. The van der Waals surface area contributed by atoms with Crippen LogP contribution in [0.2, 0.25) is 0 Å². The van der Waals surface area contributed by atoms with Crippen molar-refractivity contribution in [3.63, 3.8) is 0 Å². The first-order chi connectivity index (χ1) is 18.0. The minimum atomic E-state index is -0.370. The van der Waals surface area contributed by atoms with Crippen molar-refractivity contribution < 1.29 is 13.9 Å². The SMILES string of the molecule is COc1cc(C2CCN(C(C)=O)CC2)ccc1Nc1ncc(C2CC2)c(-c2cnc3c(F)cccn23)n1. The Morgan fingerprint density at radius 3 is 2.62 bits per heavy atom. The molecule has 1 saturated carbocycles. The van der Waals surface area contributed by atoms with E-state index in [0.29, 0.717) is 23.5 Å². The van der Waals surface area contributed by atoms with Gasteiger partial charge in [-0.1, -0.05) is 6.07 Å². The summed E-state index contributed by atoms with van der Waals surface area (Å²) < 4.78 is 21.8. The van der Waals surface area contributed by atoms with Crippen LogP contribution in [-0.2, 0) is 4.79 Å². The lowest BCUT2D eigenvalue weighted by Gasteiger charge is -2.31. The predicted molar refractivity (Wildman–Crippen MR) is 139 cm³/mol. The first kappa shape index (κ1) is 23.4. The highest BCUT2D eigenvalue weighted by Gasteiger charge is 2.29. The number of ether oxygens (including phenoxy) is 1. The molecule has 1 aliphatic heterocycles. The summed E-state index contributed by atoms with van der Waals surface area (Å²) in [6.45, 7) is 3.18. The molecule has 1 aromatic carbocycles. The third-order valence-corrected chi connectivity index (χ3v) is 7.45. The van der Waals surface area contributed by atoms with Gasteiger partial charge in [0, 0.05) is 38.0 Å². The van der Waals surface area contributed by atoms with Crippen LogP contribution in [0.1, 0.15) is 55.6 Å². The highest BCUT2D eigenvalue weighted by Crippen LogP contribution is 2.44. The number of amides is 1. The van der Waals surface area contributed by atoms with Gasteiger partial charge >= 0.3 is 0 Å². The lowest BCUT2D eigenvalue weighted by Crippen LogP contribution is -2.36. The standard InChI is InChI=1S/C28H29FN6O2/c1-17(36)34-12-9-18(10-13-34)20-7-8-23(25(14-20)37-2)32-28-31-15-21(19-5-6-19)26(33-28)24-16-30-27-22(29)4-3-11-35(24)27/h3-4,7-8,11,14-16,18-19H,5-6,9-10,12-13H2,1-2H3,(H,31,32,33). The van der Waals surface area contributed by atoms with E-state index >= 15 is 0 Å². The maximum atomic E-state index is 14.3. The summed E-state index contributed by atoms with van der Waals surface area (Å²) in [5.74, 6) is 1.70. The number of rotatable bonds is 6. The third kappa shape index (κ3) is 4.50. The van der Waals surface area contributed by atoms with Crippen LogP contribution in [0.5, 0.6) is 5.75 Å². The van der Waals surface area contributed by atoms with Gasteiger partial charge < -0.3 is 15.0 Å². The van der Waals surface area contributed by atoms with Crippen molar-refractivity contribution in [1.29, 1.82) is 0 Å². The summed E-state index contributed by atoms with van der Waals surface area (Å²) in [5.41, 5.74) is 4.78. The van der Waals surface area contributed by atoms with E-state index in [-0.39, 0.29) is 17.4 Å². The number of nitrogens with one attached hydrogen (secondary N) is 1. The number of imidazole rings is 1. The number of carbonyl (C=O) groups is 1. The molecule has 8 nitrogen and oxygen atoms in total. The molecule has 0 radical (unpaired) electrons. The molecule has 0 atom stereocenters. The van der Waals surface area contributed by atoms with E-state index in [0.717, 1.165) is 61.4 Å². The molecule has 0 unspecified atom stereocenters. The van der Waals surface area contributed by atoms with Gasteiger partial charge in [0.2, 0.25) is 11.9 Å². The highest BCUT2D eigenvalue weighted by atomic mass is 19.1. The quantitative estimate of drug-likeness (QED) is 0.388. The van der Waals surface area contributed by atoms with Gasteiger partial charge in [-0.3, -0.25) is 9.20 Å². The van der Waals surface area contributed by atoms with E-state index < -0.39 is 0 Å². The fraction of sp³-hybridized carbons (Fsp3) is 0.357. The van der Waals surface area contributed by atoms with E-state index in [4.69, 9.17) is 9.72 Å². The summed E-state index contributed by atoms with van der Waals surface area (Å²) in [5, 5.41) is 3.32. The smallest absolute Gasteiger partial charge is 0.227 e. The highest BCUT2D eigenvalue weighted by molar-refractivity contribution is 5.73. The average Bonchev–Trinajstić information content (AvgIpc) is 3.67. The molecule has 1 N–H and O–H groups in total. The number of fused-ring (bicyclic) bond motifs is 1. The molecule has 4 heterocycles. The molecule has 3 aromatic heterocycles. The molecule has 1 aliphatic carbocycles. The zero-order valence-electron chi connectivity index (χ0n) is 20.9. The topological polar surface area (TPSA) is 84.6 Å². The Morgan fingerprint density at radius 2 is 1.89 bits per heavy atom. The van der Waals surface area contributed by atoms with Gasteiger partial charge in [0.05, 0.1) is 30.4 Å². The molecule has 1 saturated heterocycles. The molecule has 0 bridgehead atoms. The fourth-order valence-electron chi connectivity index (χ4n) is 5.21. The molecule has 6 rings (SSSR count). The Morgan fingerprint density at radius 1 is 1.08 bits per heavy atom. The Balaban J connectivity index is 1.29. The van der Waals surface area contributed by atoms with E-state index in [1.165, 1.54) is 11.6 Å². The van der Waals surface area contributed by atoms with E-state index in [1.807, 2.05) is 17.2 Å². The lowest BCUT2D eigenvalue weighted by atomic mass is 9.89. The van der Waals surface area contributed by atoms with Crippen LogP contribution in [0.3, 0.4) is 0 Å². The Bertz CT molecular complexity index is 1470. The van der Waals surface area contributed by atoms with Crippen LogP contribution >= 0.6 is 0 Å². The molecule has 4 aromatic rings. The van der Waals surface area contributed by atoms with Gasteiger partial charge in [-0.25, -0.2) is 19.3 Å². The maximum Gasteiger partial charge on any atom is 0.227 e. The Hall–Kier alpha value is -4.01. The van der Waals surface area contributed by atoms with Crippen molar-refractivity contribution in [2.75, 3.05) is 25.5 Å². The molecule has 190 valence electrons. The van der Waals surface area contributed by atoms with Gasteiger partial charge in [0.15, 0.2) is 11.5 Å². The van der Waals surface area contributed by atoms with Gasteiger partial charge in [-0.05, 0) is 67.3 Å². The van der Waals surface area contributed by atoms with Crippen LogP contribution < -0.4 is 10.1 Å². The monoisotopic (exact) mass is 500 g/mol. The normalized spacial score (nSPS) is 16.2. The third-order valence-electron chi connectivity index (χ3n) is 7.45. The molecule has 0 spiro atoms. The van der Waals surface area contributed by atoms with E-state index in [2.05, 4.69) is 27.4 Å². The van der Waals surface area contributed by atoms with Crippen molar-refractivity contribution in [2.24, 2.45) is 0 Å². The van der Waals surface area contributed by atoms with Crippen molar-refractivity contribution in [1.82, 2.24) is 24.3 Å². The Kier molecular flexibility index (Phi) is 5.98. The number of hydrogen-bond acceptors (Lipinski definition) is 6. The number of aromatic nitrogens is 4. The van der Waals surface area contributed by atoms with Crippen LogP contribution in [0.4, 0.5) is 16.0 Å². The van der Waals surface area contributed by atoms with Gasteiger partial charge in [-0.15, -0.1) is 0 Å². The summed E-state index contributed by atoms with van der Waals surface area (Å²) in [4.78, 5) is 27.3. The molecule has 2 aliphatic rings. The van der Waals surface area contributed by atoms with Crippen molar-refractivity contribution in [2.45, 2.75) is 44.4 Å². The minimum Gasteiger partial charge on any atom is -0.495 e. The van der Waals surface area contributed by atoms with Crippen molar-refractivity contribution in [3.05, 3.63) is 65.9 Å². The first-order valence-electron chi connectivity index (χ1n) is 12.7. The molecule has 37 heavy (non-hydrogen) atoms. The van der Waals surface area contributed by atoms with Crippen molar-refractivity contribution in [3.8, 4) is 17.1 Å². The Labute approximate surface area is 214 Å². The van der Waals surface area contributed by atoms with Crippen LogP contribution in [-0.4, -0.2) is 50.4 Å². The second-order valence-corrected chi connectivity index (χ2v) is 9.83. The first-order valence-corrected chi connectivity index (χ1v) is 12.7. The maximum absolute atomic E-state index is 14.3. The number of hydrogen-bond donors (Lipinski definition) is 1. The second kappa shape index (κ2) is 9.46. The summed E-state index contributed by atoms with van der Waals surface area (Å²) in [6, 6.07) is 9.23. The number of carbonyl (C=O) groups excluding carboxylic acids is 1. The summed E-state index contributed by atoms with van der Waals surface area (Å²) in [6.07, 6.45) is 9.39. The number of halogens is 1. The number of anilines is 2. The predicted octanol–water partition coefficient (Wildman–Crippen LogP) is 5.29. The summed E-state index contributed by atoms with van der Waals surface area (Å²) in [7, 11) is 1.65. The van der Waals surface area contributed by atoms with Gasteiger partial charge in [0.1, 0.15) is 5.75 Å². The van der Waals surface area contributed by atoms with Crippen LogP contribution in [0, 0.1) is 5.82 Å². The molecule has 1 amide bonds. The number of benzene rings is 1. The molecular formula is C28H29FN6O2. The van der Waals surface area contributed by atoms with Crippen LogP contribution in [0.25, 0.3) is 17.0 Å². The molecule has 9 heteroatoms. The number of pyridine rings is 1. The number of methoxy groups -OCH3 is 1.